The Morgan fingerprint density at radius 3 is 2.70 bits per heavy atom. The van der Waals surface area contributed by atoms with Crippen LogP contribution in [-0.2, 0) is 6.42 Å². The Bertz CT molecular complexity index is 931. The summed E-state index contributed by atoms with van der Waals surface area (Å²) in [5, 5.41) is 19.0. The van der Waals surface area contributed by atoms with Gasteiger partial charge in [-0.15, -0.1) is 0 Å². The van der Waals surface area contributed by atoms with Crippen LogP contribution in [0.15, 0.2) is 30.3 Å². The molecule has 1 heterocycles. The van der Waals surface area contributed by atoms with Gasteiger partial charge in [0.25, 0.3) is 0 Å². The molecule has 27 heavy (non-hydrogen) atoms. The zero-order valence-corrected chi connectivity index (χ0v) is 15.1. The van der Waals surface area contributed by atoms with Gasteiger partial charge < -0.3 is 9.84 Å². The SMILES string of the molecule is N#Cc1ccc(O[C@H]2c3cc(Cl)cc(F)c3C[C@H]2N2CC[C@@H](O)C2)c(F)c1. The van der Waals surface area contributed by atoms with Crippen LogP contribution in [0.3, 0.4) is 0 Å². The van der Waals surface area contributed by atoms with E-state index in [1.54, 1.807) is 6.07 Å². The molecule has 1 fully saturated rings. The van der Waals surface area contributed by atoms with Crippen LogP contribution in [0.1, 0.15) is 29.2 Å². The van der Waals surface area contributed by atoms with Gasteiger partial charge in [0.2, 0.25) is 0 Å². The highest BCUT2D eigenvalue weighted by molar-refractivity contribution is 6.30. The van der Waals surface area contributed by atoms with Crippen molar-refractivity contribution in [2.45, 2.75) is 31.1 Å². The van der Waals surface area contributed by atoms with E-state index < -0.39 is 23.8 Å². The first-order valence-electron chi connectivity index (χ1n) is 8.72. The Morgan fingerprint density at radius 1 is 1.22 bits per heavy atom. The van der Waals surface area contributed by atoms with Crippen molar-refractivity contribution in [2.75, 3.05) is 13.1 Å². The number of aliphatic hydroxyl groups excluding tert-OH is 1. The second-order valence-electron chi connectivity index (χ2n) is 6.96. The molecule has 4 nitrogen and oxygen atoms in total. The smallest absolute Gasteiger partial charge is 0.166 e. The number of nitrogens with zero attached hydrogens (tertiary/aromatic N) is 2. The highest BCUT2D eigenvalue weighted by atomic mass is 35.5. The molecule has 0 radical (unpaired) electrons. The number of likely N-dealkylation sites (tertiary alicyclic amines) is 1. The Balaban J connectivity index is 1.71. The fourth-order valence-corrected chi connectivity index (χ4v) is 4.16. The predicted molar refractivity (Wildman–Crippen MR) is 95.6 cm³/mol. The zero-order chi connectivity index (χ0) is 19.1. The predicted octanol–water partition coefficient (Wildman–Crippen LogP) is 3.60. The molecule has 0 saturated carbocycles. The van der Waals surface area contributed by atoms with Gasteiger partial charge in [-0.3, -0.25) is 4.90 Å². The number of hydrogen-bond acceptors (Lipinski definition) is 4. The molecule has 2 aromatic rings. The van der Waals surface area contributed by atoms with Crippen LogP contribution in [0.2, 0.25) is 5.02 Å². The quantitative estimate of drug-likeness (QED) is 0.870. The third-order valence-electron chi connectivity index (χ3n) is 5.24. The summed E-state index contributed by atoms with van der Waals surface area (Å²) in [6.45, 7) is 1.12. The van der Waals surface area contributed by atoms with Crippen molar-refractivity contribution >= 4 is 11.6 Å². The van der Waals surface area contributed by atoms with E-state index in [1.807, 2.05) is 11.0 Å². The first-order valence-corrected chi connectivity index (χ1v) is 9.10. The number of ether oxygens (including phenoxy) is 1. The van der Waals surface area contributed by atoms with Gasteiger partial charge in [-0.2, -0.15) is 5.26 Å². The van der Waals surface area contributed by atoms with E-state index in [-0.39, 0.29) is 22.4 Å². The lowest BCUT2D eigenvalue weighted by molar-refractivity contribution is 0.0790. The largest absolute Gasteiger partial charge is 0.481 e. The number of benzene rings is 2. The summed E-state index contributed by atoms with van der Waals surface area (Å²) in [7, 11) is 0. The average molecular weight is 391 g/mol. The molecule has 0 unspecified atom stereocenters. The lowest BCUT2D eigenvalue weighted by Crippen LogP contribution is -2.39. The molecule has 140 valence electrons. The molecule has 0 spiro atoms. The molecule has 0 aromatic heterocycles. The van der Waals surface area contributed by atoms with Crippen molar-refractivity contribution in [3.63, 3.8) is 0 Å². The maximum atomic E-state index is 14.5. The van der Waals surface area contributed by atoms with Crippen molar-refractivity contribution in [3.8, 4) is 11.8 Å². The molecule has 0 bridgehead atoms. The molecule has 1 N–H and O–H groups in total. The lowest BCUT2D eigenvalue weighted by Gasteiger charge is -2.30. The van der Waals surface area contributed by atoms with Crippen LogP contribution in [0.5, 0.6) is 5.75 Å². The van der Waals surface area contributed by atoms with Gasteiger partial charge in [0.15, 0.2) is 11.6 Å². The Labute approximate surface area is 160 Å². The first-order chi connectivity index (χ1) is 13.0. The zero-order valence-electron chi connectivity index (χ0n) is 14.3. The molecule has 4 rings (SSSR count). The summed E-state index contributed by atoms with van der Waals surface area (Å²) < 4.78 is 34.8. The van der Waals surface area contributed by atoms with E-state index in [0.717, 1.165) is 6.07 Å². The number of nitriles is 1. The second-order valence-corrected chi connectivity index (χ2v) is 7.40. The van der Waals surface area contributed by atoms with Crippen LogP contribution in [0, 0.1) is 23.0 Å². The minimum Gasteiger partial charge on any atom is -0.481 e. The summed E-state index contributed by atoms with van der Waals surface area (Å²) >= 11 is 6.04. The van der Waals surface area contributed by atoms with Crippen molar-refractivity contribution in [1.29, 1.82) is 5.26 Å². The maximum Gasteiger partial charge on any atom is 0.166 e. The van der Waals surface area contributed by atoms with Crippen LogP contribution >= 0.6 is 11.6 Å². The molecule has 2 aromatic carbocycles. The van der Waals surface area contributed by atoms with Crippen molar-refractivity contribution < 1.29 is 18.6 Å². The summed E-state index contributed by atoms with van der Waals surface area (Å²) in [5.41, 5.74) is 1.29. The van der Waals surface area contributed by atoms with E-state index >= 15 is 0 Å². The maximum absolute atomic E-state index is 14.5. The van der Waals surface area contributed by atoms with Gasteiger partial charge >= 0.3 is 0 Å². The third kappa shape index (κ3) is 3.39. The minimum atomic E-state index is -0.648. The van der Waals surface area contributed by atoms with Crippen LogP contribution in [-0.4, -0.2) is 35.2 Å². The second kappa shape index (κ2) is 7.08. The molecule has 1 aliphatic carbocycles. The molecule has 3 atom stereocenters. The Kier molecular flexibility index (Phi) is 4.77. The molecule has 7 heteroatoms. The molecular formula is C20H17ClF2N2O2. The van der Waals surface area contributed by atoms with Gasteiger partial charge in [-0.1, -0.05) is 11.6 Å². The summed E-state index contributed by atoms with van der Waals surface area (Å²) in [6, 6.07) is 8.55. The van der Waals surface area contributed by atoms with Crippen LogP contribution < -0.4 is 4.74 Å². The molecule has 1 saturated heterocycles. The normalized spacial score (nSPS) is 24.6. The van der Waals surface area contributed by atoms with E-state index in [4.69, 9.17) is 21.6 Å². The van der Waals surface area contributed by atoms with Crippen molar-refractivity contribution in [2.24, 2.45) is 0 Å². The van der Waals surface area contributed by atoms with E-state index in [0.29, 0.717) is 37.1 Å². The highest BCUT2D eigenvalue weighted by Crippen LogP contribution is 2.42. The summed E-state index contributed by atoms with van der Waals surface area (Å²) in [4.78, 5) is 2.05. The van der Waals surface area contributed by atoms with Crippen LogP contribution in [0.4, 0.5) is 8.78 Å². The monoisotopic (exact) mass is 390 g/mol. The van der Waals surface area contributed by atoms with E-state index in [9.17, 15) is 13.9 Å². The summed E-state index contributed by atoms with van der Waals surface area (Å²) in [5.74, 6) is -1.06. The number of halogens is 3. The van der Waals surface area contributed by atoms with Crippen LogP contribution in [0.25, 0.3) is 0 Å². The van der Waals surface area contributed by atoms with Crippen molar-refractivity contribution in [1.82, 2.24) is 4.90 Å². The number of aliphatic hydroxyl groups is 1. The lowest BCUT2D eigenvalue weighted by atomic mass is 10.1. The molecular weight excluding hydrogens is 374 g/mol. The Hall–Kier alpha value is -2.20. The molecule has 1 aliphatic heterocycles. The molecule has 2 aliphatic rings. The fourth-order valence-electron chi connectivity index (χ4n) is 3.95. The van der Waals surface area contributed by atoms with Gasteiger partial charge in [-0.25, -0.2) is 8.78 Å². The number of rotatable bonds is 3. The van der Waals surface area contributed by atoms with Gasteiger partial charge in [-0.05, 0) is 48.7 Å². The average Bonchev–Trinajstić information content (AvgIpc) is 3.21. The standard InChI is InChI=1S/C20H17ClF2N2O2/c21-12-6-15-14(16(22)7-12)8-18(25-4-3-13(26)10-25)20(15)27-19-2-1-11(9-24)5-17(19)23/h1-2,5-7,13,18,20,26H,3-4,8,10H2/t13-,18-,20+/m1/s1. The van der Waals surface area contributed by atoms with E-state index in [1.165, 1.54) is 18.2 Å². The third-order valence-corrected chi connectivity index (χ3v) is 5.46. The number of fused-ring (bicyclic) bond motifs is 1. The van der Waals surface area contributed by atoms with Gasteiger partial charge in [0, 0.05) is 23.7 Å². The van der Waals surface area contributed by atoms with Gasteiger partial charge in [0.05, 0.1) is 23.8 Å². The fraction of sp³-hybridized carbons (Fsp3) is 0.350. The first kappa shape index (κ1) is 18.2. The topological polar surface area (TPSA) is 56.5 Å². The highest BCUT2D eigenvalue weighted by Gasteiger charge is 2.42. The Morgan fingerprint density at radius 2 is 2.04 bits per heavy atom. The minimum absolute atomic E-state index is 0.00280. The van der Waals surface area contributed by atoms with E-state index in [2.05, 4.69) is 0 Å². The number of hydrogen-bond donors (Lipinski definition) is 1. The molecule has 0 amide bonds. The van der Waals surface area contributed by atoms with Crippen molar-refractivity contribution in [3.05, 3.63) is 63.7 Å². The van der Waals surface area contributed by atoms with Gasteiger partial charge in [0.1, 0.15) is 11.9 Å². The summed E-state index contributed by atoms with van der Waals surface area (Å²) in [6.07, 6.45) is -0.0304. The number of β-amino-alcohol motifs (C(OH)–C–C–N with tert-alkyl or cyclic N) is 1.